The van der Waals surface area contributed by atoms with Gasteiger partial charge in [0, 0.05) is 17.8 Å². The molecule has 0 radical (unpaired) electrons. The number of Topliss-reactive ketones (excluding diaryl/α,β-unsaturated/α-hetero) is 1. The normalized spacial score (nSPS) is 33.6. The molecule has 2 aliphatic carbocycles. The van der Waals surface area contributed by atoms with Gasteiger partial charge in [0.05, 0.1) is 0 Å². The SMILES string of the molecule is CC1C(=O)C2Cc3cc(F)ccc3C12. The highest BCUT2D eigenvalue weighted by atomic mass is 19.1. The van der Waals surface area contributed by atoms with Gasteiger partial charge in [0.1, 0.15) is 11.6 Å². The van der Waals surface area contributed by atoms with Crippen molar-refractivity contribution in [2.75, 3.05) is 0 Å². The Morgan fingerprint density at radius 3 is 3.00 bits per heavy atom. The van der Waals surface area contributed by atoms with E-state index in [2.05, 4.69) is 0 Å². The van der Waals surface area contributed by atoms with Crippen molar-refractivity contribution in [3.8, 4) is 0 Å². The van der Waals surface area contributed by atoms with E-state index in [1.54, 1.807) is 6.07 Å². The molecule has 0 aliphatic heterocycles. The second kappa shape index (κ2) is 2.44. The molecule has 0 saturated heterocycles. The molecule has 1 aromatic carbocycles. The Balaban J connectivity index is 2.08. The van der Waals surface area contributed by atoms with E-state index >= 15 is 0 Å². The minimum atomic E-state index is -0.190. The van der Waals surface area contributed by atoms with Crippen LogP contribution in [0.4, 0.5) is 4.39 Å². The third kappa shape index (κ3) is 0.813. The summed E-state index contributed by atoms with van der Waals surface area (Å²) in [7, 11) is 0. The molecule has 2 heteroatoms. The van der Waals surface area contributed by atoms with Gasteiger partial charge in [-0.05, 0) is 29.7 Å². The van der Waals surface area contributed by atoms with Crippen molar-refractivity contribution < 1.29 is 9.18 Å². The van der Waals surface area contributed by atoms with Crippen LogP contribution in [-0.2, 0) is 11.2 Å². The van der Waals surface area contributed by atoms with Gasteiger partial charge in [0.15, 0.2) is 0 Å². The topological polar surface area (TPSA) is 17.1 Å². The van der Waals surface area contributed by atoms with Crippen molar-refractivity contribution >= 4 is 5.78 Å². The summed E-state index contributed by atoms with van der Waals surface area (Å²) in [6.45, 7) is 1.97. The number of ketones is 1. The molecule has 1 saturated carbocycles. The Morgan fingerprint density at radius 2 is 2.21 bits per heavy atom. The Morgan fingerprint density at radius 1 is 1.43 bits per heavy atom. The molecule has 1 fully saturated rings. The molecule has 2 aliphatic rings. The Kier molecular flexibility index (Phi) is 1.42. The highest BCUT2D eigenvalue weighted by molar-refractivity contribution is 5.93. The Labute approximate surface area is 81.9 Å². The van der Waals surface area contributed by atoms with Crippen molar-refractivity contribution in [3.05, 3.63) is 35.1 Å². The first-order valence-electron chi connectivity index (χ1n) is 5.00. The maximum Gasteiger partial charge on any atom is 0.140 e. The average molecular weight is 190 g/mol. The summed E-state index contributed by atoms with van der Waals surface area (Å²) in [6, 6.07) is 4.92. The number of hydrogen-bond donors (Lipinski definition) is 0. The molecule has 0 N–H and O–H groups in total. The van der Waals surface area contributed by atoms with Gasteiger partial charge in [-0.2, -0.15) is 0 Å². The van der Waals surface area contributed by atoms with E-state index in [9.17, 15) is 9.18 Å². The van der Waals surface area contributed by atoms with Gasteiger partial charge in [-0.25, -0.2) is 4.39 Å². The zero-order valence-electron chi connectivity index (χ0n) is 7.96. The average Bonchev–Trinajstić information content (AvgIpc) is 2.52. The lowest BCUT2D eigenvalue weighted by molar-refractivity contribution is -0.136. The Hall–Kier alpha value is -1.18. The maximum atomic E-state index is 12.9. The molecule has 3 atom stereocenters. The van der Waals surface area contributed by atoms with E-state index in [1.165, 1.54) is 11.6 Å². The zero-order valence-corrected chi connectivity index (χ0v) is 7.96. The fourth-order valence-electron chi connectivity index (χ4n) is 2.95. The maximum absolute atomic E-state index is 12.9. The summed E-state index contributed by atoms with van der Waals surface area (Å²) in [5.74, 6) is 0.836. The van der Waals surface area contributed by atoms with Crippen LogP contribution in [-0.4, -0.2) is 5.78 Å². The van der Waals surface area contributed by atoms with Crippen LogP contribution in [0.3, 0.4) is 0 Å². The van der Waals surface area contributed by atoms with Crippen LogP contribution in [0.1, 0.15) is 24.0 Å². The molecule has 0 bridgehead atoms. The van der Waals surface area contributed by atoms with E-state index < -0.39 is 0 Å². The number of carbonyl (C=O) groups is 1. The predicted octanol–water partition coefficient (Wildman–Crippen LogP) is 2.30. The van der Waals surface area contributed by atoms with Crippen molar-refractivity contribution in [1.29, 1.82) is 0 Å². The van der Waals surface area contributed by atoms with Crippen LogP contribution in [0.2, 0.25) is 0 Å². The number of benzene rings is 1. The van der Waals surface area contributed by atoms with Gasteiger partial charge in [0.2, 0.25) is 0 Å². The third-order valence-corrected chi connectivity index (χ3v) is 3.69. The number of carbonyl (C=O) groups excluding carboxylic acids is 1. The van der Waals surface area contributed by atoms with E-state index in [0.717, 1.165) is 12.0 Å². The van der Waals surface area contributed by atoms with Crippen molar-refractivity contribution in [1.82, 2.24) is 0 Å². The summed E-state index contributed by atoms with van der Waals surface area (Å²) < 4.78 is 12.9. The summed E-state index contributed by atoms with van der Waals surface area (Å²) in [5, 5.41) is 0. The summed E-state index contributed by atoms with van der Waals surface area (Å²) in [5.41, 5.74) is 2.24. The molecule has 0 spiro atoms. The second-order valence-electron chi connectivity index (χ2n) is 4.37. The van der Waals surface area contributed by atoms with Crippen LogP contribution in [0.5, 0.6) is 0 Å². The lowest BCUT2D eigenvalue weighted by Crippen LogP contribution is -2.41. The van der Waals surface area contributed by atoms with Crippen LogP contribution >= 0.6 is 0 Å². The van der Waals surface area contributed by atoms with Crippen LogP contribution in [0.25, 0.3) is 0 Å². The summed E-state index contributed by atoms with van der Waals surface area (Å²) >= 11 is 0. The van der Waals surface area contributed by atoms with Gasteiger partial charge in [0.25, 0.3) is 0 Å². The lowest BCUT2D eigenvalue weighted by Gasteiger charge is -2.36. The molecule has 14 heavy (non-hydrogen) atoms. The molecule has 72 valence electrons. The molecule has 1 nitrogen and oxygen atoms in total. The van der Waals surface area contributed by atoms with Crippen LogP contribution in [0.15, 0.2) is 18.2 Å². The van der Waals surface area contributed by atoms with Gasteiger partial charge in [-0.15, -0.1) is 0 Å². The number of rotatable bonds is 0. The number of hydrogen-bond acceptors (Lipinski definition) is 1. The summed E-state index contributed by atoms with van der Waals surface area (Å²) in [4.78, 5) is 11.5. The van der Waals surface area contributed by atoms with Crippen molar-refractivity contribution in [2.45, 2.75) is 19.3 Å². The minimum Gasteiger partial charge on any atom is -0.299 e. The molecule has 0 aromatic heterocycles. The first-order chi connectivity index (χ1) is 6.68. The standard InChI is InChI=1S/C12H11FO/c1-6-11-9-3-2-8(13)4-7(9)5-10(11)12(6)14/h2-4,6,10-11H,5H2,1H3. The molecule has 3 unspecified atom stereocenters. The molecule has 0 amide bonds. The molecule has 0 heterocycles. The number of halogens is 1. The van der Waals surface area contributed by atoms with E-state index in [-0.39, 0.29) is 17.7 Å². The zero-order chi connectivity index (χ0) is 9.87. The highest BCUT2D eigenvalue weighted by Crippen LogP contribution is 2.52. The lowest BCUT2D eigenvalue weighted by atomic mass is 9.65. The minimum absolute atomic E-state index is 0.145. The predicted molar refractivity (Wildman–Crippen MR) is 50.5 cm³/mol. The number of fused-ring (bicyclic) bond motifs is 3. The van der Waals surface area contributed by atoms with E-state index in [0.29, 0.717) is 11.7 Å². The fourth-order valence-corrected chi connectivity index (χ4v) is 2.95. The van der Waals surface area contributed by atoms with E-state index in [1.807, 2.05) is 13.0 Å². The second-order valence-corrected chi connectivity index (χ2v) is 4.37. The first kappa shape index (κ1) is 8.16. The third-order valence-electron chi connectivity index (χ3n) is 3.69. The monoisotopic (exact) mass is 190 g/mol. The molecule has 3 rings (SSSR count). The van der Waals surface area contributed by atoms with Gasteiger partial charge in [-0.3, -0.25) is 4.79 Å². The largest absolute Gasteiger partial charge is 0.299 e. The van der Waals surface area contributed by atoms with Crippen molar-refractivity contribution in [3.63, 3.8) is 0 Å². The first-order valence-corrected chi connectivity index (χ1v) is 5.00. The van der Waals surface area contributed by atoms with Crippen LogP contribution in [0, 0.1) is 17.7 Å². The molecule has 1 aromatic rings. The Bertz CT molecular complexity index is 424. The van der Waals surface area contributed by atoms with Crippen molar-refractivity contribution in [2.24, 2.45) is 11.8 Å². The smallest absolute Gasteiger partial charge is 0.140 e. The quantitative estimate of drug-likeness (QED) is 0.613. The van der Waals surface area contributed by atoms with Crippen LogP contribution < -0.4 is 0 Å². The van der Waals surface area contributed by atoms with Gasteiger partial charge in [-0.1, -0.05) is 13.0 Å². The van der Waals surface area contributed by atoms with Gasteiger partial charge >= 0.3 is 0 Å². The van der Waals surface area contributed by atoms with Gasteiger partial charge < -0.3 is 0 Å². The summed E-state index contributed by atoms with van der Waals surface area (Å²) in [6.07, 6.45) is 0.751. The highest BCUT2D eigenvalue weighted by Gasteiger charge is 2.51. The fraction of sp³-hybridized carbons (Fsp3) is 0.417. The molecular weight excluding hydrogens is 179 g/mol. The molecular formula is C12H11FO. The van der Waals surface area contributed by atoms with E-state index in [4.69, 9.17) is 0 Å².